The highest BCUT2D eigenvalue weighted by molar-refractivity contribution is 7.89. The van der Waals surface area contributed by atoms with Gasteiger partial charge >= 0.3 is 0 Å². The molecule has 150 valence electrons. The molecule has 1 aromatic heterocycles. The third-order valence-electron chi connectivity index (χ3n) is 5.37. The summed E-state index contributed by atoms with van der Waals surface area (Å²) in [7, 11) is -3.56. The molecule has 2 aromatic carbocycles. The van der Waals surface area contributed by atoms with E-state index in [1.807, 2.05) is 42.5 Å². The molecule has 0 aliphatic carbocycles. The van der Waals surface area contributed by atoms with Gasteiger partial charge in [0, 0.05) is 37.9 Å². The molecule has 29 heavy (non-hydrogen) atoms. The molecule has 1 aliphatic rings. The quantitative estimate of drug-likeness (QED) is 0.703. The van der Waals surface area contributed by atoms with Gasteiger partial charge in [0.25, 0.3) is 0 Å². The summed E-state index contributed by atoms with van der Waals surface area (Å²) in [5.74, 6) is -0.202. The van der Waals surface area contributed by atoms with E-state index in [0.717, 1.165) is 16.3 Å². The first-order chi connectivity index (χ1) is 14.0. The maximum atomic E-state index is 13.0. The second-order valence-corrected chi connectivity index (χ2v) is 9.20. The third-order valence-corrected chi connectivity index (χ3v) is 7.27. The molecule has 0 spiro atoms. The smallest absolute Gasteiger partial charge is 0.243 e. The van der Waals surface area contributed by atoms with Crippen LogP contribution in [0.15, 0.2) is 71.9 Å². The van der Waals surface area contributed by atoms with Crippen LogP contribution < -0.4 is 5.32 Å². The van der Waals surface area contributed by atoms with E-state index < -0.39 is 10.0 Å². The van der Waals surface area contributed by atoms with Gasteiger partial charge in [-0.1, -0.05) is 36.4 Å². The number of aromatic nitrogens is 1. The summed E-state index contributed by atoms with van der Waals surface area (Å²) in [5, 5.41) is 4.84. The number of hydrogen-bond donors (Lipinski definition) is 1. The monoisotopic (exact) mass is 409 g/mol. The molecule has 6 nitrogen and oxygen atoms in total. The summed E-state index contributed by atoms with van der Waals surface area (Å²) >= 11 is 0. The van der Waals surface area contributed by atoms with E-state index in [0.29, 0.717) is 37.4 Å². The van der Waals surface area contributed by atoms with E-state index in [9.17, 15) is 13.2 Å². The molecule has 1 N–H and O–H groups in total. The van der Waals surface area contributed by atoms with Gasteiger partial charge < -0.3 is 5.32 Å². The first-order valence-electron chi connectivity index (χ1n) is 9.69. The number of carbonyl (C=O) groups excluding carboxylic acids is 1. The SMILES string of the molecule is O=C(NCc1cccnc1)C1CCN(S(=O)(=O)c2ccc3ccccc3c2)CC1. The molecule has 1 amide bonds. The third kappa shape index (κ3) is 4.31. The number of hydrogen-bond acceptors (Lipinski definition) is 4. The fourth-order valence-corrected chi connectivity index (χ4v) is 5.18. The Morgan fingerprint density at radius 1 is 1.03 bits per heavy atom. The average Bonchev–Trinajstić information content (AvgIpc) is 2.78. The molecule has 4 rings (SSSR count). The molecule has 2 heterocycles. The lowest BCUT2D eigenvalue weighted by Gasteiger charge is -2.30. The van der Waals surface area contributed by atoms with Crippen LogP contribution in [0.3, 0.4) is 0 Å². The van der Waals surface area contributed by atoms with Crippen LogP contribution in [0, 0.1) is 5.92 Å². The predicted octanol–water partition coefficient (Wildman–Crippen LogP) is 2.95. The molecule has 1 fully saturated rings. The van der Waals surface area contributed by atoms with E-state index in [4.69, 9.17) is 0 Å². The molecule has 3 aromatic rings. The normalized spacial score (nSPS) is 16.0. The Kier molecular flexibility index (Phi) is 5.60. The summed E-state index contributed by atoms with van der Waals surface area (Å²) in [6, 6.07) is 16.6. The number of benzene rings is 2. The van der Waals surface area contributed by atoms with E-state index in [2.05, 4.69) is 10.3 Å². The number of nitrogens with zero attached hydrogens (tertiary/aromatic N) is 2. The molecule has 0 atom stereocenters. The van der Waals surface area contributed by atoms with Crippen molar-refractivity contribution in [1.29, 1.82) is 0 Å². The van der Waals surface area contributed by atoms with Crippen LogP contribution in [0.2, 0.25) is 0 Å². The zero-order valence-electron chi connectivity index (χ0n) is 16.0. The summed E-state index contributed by atoms with van der Waals surface area (Å²) < 4.78 is 27.6. The minimum Gasteiger partial charge on any atom is -0.352 e. The summed E-state index contributed by atoms with van der Waals surface area (Å²) in [5.41, 5.74) is 0.942. The number of nitrogens with one attached hydrogen (secondary N) is 1. The highest BCUT2D eigenvalue weighted by Crippen LogP contribution is 2.26. The molecule has 7 heteroatoms. The van der Waals surface area contributed by atoms with Crippen molar-refractivity contribution in [2.24, 2.45) is 5.92 Å². The van der Waals surface area contributed by atoms with E-state index in [-0.39, 0.29) is 11.8 Å². The molecule has 0 unspecified atom stereocenters. The Balaban J connectivity index is 1.38. The lowest BCUT2D eigenvalue weighted by molar-refractivity contribution is -0.126. The first-order valence-corrected chi connectivity index (χ1v) is 11.1. The standard InChI is InChI=1S/C22H23N3O3S/c26-22(24-16-17-4-3-11-23-15-17)19-9-12-25(13-10-19)29(27,28)21-8-7-18-5-1-2-6-20(18)14-21/h1-8,11,14-15,19H,9-10,12-13,16H2,(H,24,26). The van der Waals surface area contributed by atoms with Crippen LogP contribution in [0.5, 0.6) is 0 Å². The number of pyridine rings is 1. The van der Waals surface area contributed by atoms with Crippen molar-refractivity contribution in [2.75, 3.05) is 13.1 Å². The first kappa shape index (κ1) is 19.5. The van der Waals surface area contributed by atoms with Crippen LogP contribution in [0.25, 0.3) is 10.8 Å². The van der Waals surface area contributed by atoms with Crippen LogP contribution in [-0.4, -0.2) is 36.7 Å². The van der Waals surface area contributed by atoms with Gasteiger partial charge in [-0.25, -0.2) is 8.42 Å². The molecular weight excluding hydrogens is 386 g/mol. The number of fused-ring (bicyclic) bond motifs is 1. The summed E-state index contributed by atoms with van der Waals surface area (Å²) in [6.45, 7) is 1.13. The van der Waals surface area contributed by atoms with Gasteiger partial charge in [0.05, 0.1) is 4.90 Å². The van der Waals surface area contributed by atoms with Crippen molar-refractivity contribution < 1.29 is 13.2 Å². The van der Waals surface area contributed by atoms with Crippen LogP contribution in [-0.2, 0) is 21.4 Å². The highest BCUT2D eigenvalue weighted by Gasteiger charge is 2.32. The van der Waals surface area contributed by atoms with Gasteiger partial charge in [0.15, 0.2) is 0 Å². The van der Waals surface area contributed by atoms with Crippen molar-refractivity contribution in [3.05, 3.63) is 72.6 Å². The van der Waals surface area contributed by atoms with Crippen molar-refractivity contribution >= 4 is 26.7 Å². The van der Waals surface area contributed by atoms with Crippen LogP contribution >= 0.6 is 0 Å². The highest BCUT2D eigenvalue weighted by atomic mass is 32.2. The number of sulfonamides is 1. The van der Waals surface area contributed by atoms with Gasteiger partial charge in [0.2, 0.25) is 15.9 Å². The van der Waals surface area contributed by atoms with E-state index in [1.165, 1.54) is 4.31 Å². The van der Waals surface area contributed by atoms with Crippen LogP contribution in [0.1, 0.15) is 18.4 Å². The van der Waals surface area contributed by atoms with Gasteiger partial charge in [0.1, 0.15) is 0 Å². The number of amides is 1. The average molecular weight is 410 g/mol. The molecule has 1 saturated heterocycles. The van der Waals surface area contributed by atoms with Crippen molar-refractivity contribution in [3.8, 4) is 0 Å². The van der Waals surface area contributed by atoms with Crippen molar-refractivity contribution in [1.82, 2.24) is 14.6 Å². The van der Waals surface area contributed by atoms with Gasteiger partial charge in [-0.05, 0) is 47.4 Å². The fourth-order valence-electron chi connectivity index (χ4n) is 3.67. The molecule has 0 bridgehead atoms. The second-order valence-electron chi connectivity index (χ2n) is 7.27. The number of rotatable bonds is 5. The lowest BCUT2D eigenvalue weighted by Crippen LogP contribution is -2.42. The molecular formula is C22H23N3O3S. The number of carbonyl (C=O) groups is 1. The Bertz CT molecular complexity index is 1110. The molecule has 1 aliphatic heterocycles. The van der Waals surface area contributed by atoms with E-state index in [1.54, 1.807) is 24.5 Å². The zero-order chi connectivity index (χ0) is 20.3. The Morgan fingerprint density at radius 2 is 1.79 bits per heavy atom. The molecule has 0 saturated carbocycles. The minimum absolute atomic E-state index is 0.0309. The zero-order valence-corrected chi connectivity index (χ0v) is 16.8. The van der Waals surface area contributed by atoms with E-state index >= 15 is 0 Å². The maximum absolute atomic E-state index is 13.0. The number of piperidine rings is 1. The topological polar surface area (TPSA) is 79.4 Å². The minimum atomic E-state index is -3.56. The predicted molar refractivity (Wildman–Crippen MR) is 112 cm³/mol. The summed E-state index contributed by atoms with van der Waals surface area (Å²) in [4.78, 5) is 16.8. The largest absolute Gasteiger partial charge is 0.352 e. The fraction of sp³-hybridized carbons (Fsp3) is 0.273. The Morgan fingerprint density at radius 3 is 2.52 bits per heavy atom. The van der Waals surface area contributed by atoms with Crippen molar-refractivity contribution in [3.63, 3.8) is 0 Å². The van der Waals surface area contributed by atoms with Gasteiger partial charge in [-0.3, -0.25) is 9.78 Å². The lowest BCUT2D eigenvalue weighted by atomic mass is 9.97. The Labute approximate surface area is 170 Å². The van der Waals surface area contributed by atoms with Gasteiger partial charge in [-0.2, -0.15) is 4.31 Å². The Hall–Kier alpha value is -2.77. The molecule has 0 radical (unpaired) electrons. The second kappa shape index (κ2) is 8.31. The van der Waals surface area contributed by atoms with Crippen molar-refractivity contribution in [2.45, 2.75) is 24.3 Å². The maximum Gasteiger partial charge on any atom is 0.243 e. The van der Waals surface area contributed by atoms with Gasteiger partial charge in [-0.15, -0.1) is 0 Å². The summed E-state index contributed by atoms with van der Waals surface area (Å²) in [6.07, 6.45) is 4.45. The van der Waals surface area contributed by atoms with Crippen LogP contribution in [0.4, 0.5) is 0 Å².